The van der Waals surface area contributed by atoms with Crippen LogP contribution in [0.1, 0.15) is 21.7 Å². The molecule has 0 atom stereocenters. The lowest BCUT2D eigenvalue weighted by Gasteiger charge is -2.11. The van der Waals surface area contributed by atoms with Crippen LogP contribution in [0.5, 0.6) is 11.5 Å². The van der Waals surface area contributed by atoms with Gasteiger partial charge in [-0.1, -0.05) is 6.07 Å². The van der Waals surface area contributed by atoms with E-state index in [1.807, 2.05) is 25.1 Å². The van der Waals surface area contributed by atoms with Crippen molar-refractivity contribution in [2.75, 3.05) is 14.2 Å². The number of hydrogen-bond donors (Lipinski definition) is 1. The largest absolute Gasteiger partial charge is 0.495 e. The number of nitrogens with one attached hydrogen (secondary N) is 1. The molecule has 116 valence electrons. The van der Waals surface area contributed by atoms with E-state index < -0.39 is 0 Å². The Morgan fingerprint density at radius 2 is 1.86 bits per heavy atom. The Kier molecular flexibility index (Phi) is 5.38. The van der Waals surface area contributed by atoms with Crippen LogP contribution < -0.4 is 14.8 Å². The summed E-state index contributed by atoms with van der Waals surface area (Å²) < 4.78 is 11.2. The van der Waals surface area contributed by atoms with Crippen molar-refractivity contribution in [3.63, 3.8) is 0 Å². The van der Waals surface area contributed by atoms with Gasteiger partial charge in [-0.3, -0.25) is 9.78 Å². The summed E-state index contributed by atoms with van der Waals surface area (Å²) in [5.41, 5.74) is 2.19. The minimum atomic E-state index is -0.215. The van der Waals surface area contributed by atoms with E-state index in [2.05, 4.69) is 26.2 Å². The molecule has 0 unspecified atom stereocenters. The number of nitrogens with zero attached hydrogens (tertiary/aromatic N) is 1. The molecule has 0 bridgehead atoms. The molecule has 0 spiro atoms. The van der Waals surface area contributed by atoms with Crippen molar-refractivity contribution >= 4 is 21.8 Å². The molecule has 0 aliphatic heterocycles. The molecular formula is C16H17BrN2O3. The maximum atomic E-state index is 12.3. The van der Waals surface area contributed by atoms with Crippen LogP contribution in [-0.2, 0) is 6.54 Å². The van der Waals surface area contributed by atoms with Crippen LogP contribution in [-0.4, -0.2) is 25.1 Å². The fourth-order valence-corrected chi connectivity index (χ4v) is 2.52. The topological polar surface area (TPSA) is 60.5 Å². The molecule has 0 radical (unpaired) electrons. The third-order valence-corrected chi connectivity index (χ3v) is 3.87. The normalized spacial score (nSPS) is 10.2. The number of amides is 1. The van der Waals surface area contributed by atoms with E-state index in [-0.39, 0.29) is 5.91 Å². The van der Waals surface area contributed by atoms with Crippen molar-refractivity contribution in [1.29, 1.82) is 0 Å². The van der Waals surface area contributed by atoms with Gasteiger partial charge >= 0.3 is 0 Å². The van der Waals surface area contributed by atoms with Gasteiger partial charge in [0.15, 0.2) is 0 Å². The molecule has 0 aliphatic rings. The van der Waals surface area contributed by atoms with E-state index in [9.17, 15) is 4.79 Å². The second kappa shape index (κ2) is 7.26. The molecule has 0 saturated heterocycles. The first-order chi connectivity index (χ1) is 10.5. The van der Waals surface area contributed by atoms with Gasteiger partial charge in [0, 0.05) is 11.3 Å². The summed E-state index contributed by atoms with van der Waals surface area (Å²) >= 11 is 3.38. The number of ether oxygens (including phenoxy) is 2. The zero-order chi connectivity index (χ0) is 16.1. The van der Waals surface area contributed by atoms with Crippen LogP contribution in [0, 0.1) is 6.92 Å². The summed E-state index contributed by atoms with van der Waals surface area (Å²) in [4.78, 5) is 16.6. The van der Waals surface area contributed by atoms with Gasteiger partial charge in [-0.25, -0.2) is 0 Å². The van der Waals surface area contributed by atoms with E-state index in [0.717, 1.165) is 11.4 Å². The van der Waals surface area contributed by atoms with Crippen LogP contribution >= 0.6 is 15.9 Å². The first kappa shape index (κ1) is 16.3. The van der Waals surface area contributed by atoms with Gasteiger partial charge in [0.2, 0.25) is 0 Å². The molecule has 0 saturated carbocycles. The van der Waals surface area contributed by atoms with E-state index in [0.29, 0.717) is 28.1 Å². The Labute approximate surface area is 137 Å². The number of hydrogen-bond acceptors (Lipinski definition) is 4. The highest BCUT2D eigenvalue weighted by Crippen LogP contribution is 2.35. The molecule has 0 aliphatic carbocycles. The van der Waals surface area contributed by atoms with Crippen LogP contribution in [0.25, 0.3) is 0 Å². The van der Waals surface area contributed by atoms with Gasteiger partial charge in [-0.05, 0) is 47.1 Å². The molecule has 22 heavy (non-hydrogen) atoms. The average Bonchev–Trinajstić information content (AvgIpc) is 2.53. The van der Waals surface area contributed by atoms with Gasteiger partial charge in [0.1, 0.15) is 16.0 Å². The third kappa shape index (κ3) is 3.76. The summed E-state index contributed by atoms with van der Waals surface area (Å²) in [5, 5.41) is 2.84. The number of rotatable bonds is 5. The van der Waals surface area contributed by atoms with Crippen LogP contribution in [0.3, 0.4) is 0 Å². The minimum Gasteiger partial charge on any atom is -0.495 e. The second-order valence-corrected chi connectivity index (χ2v) is 5.44. The van der Waals surface area contributed by atoms with Crippen molar-refractivity contribution in [3.8, 4) is 11.5 Å². The molecular weight excluding hydrogens is 348 g/mol. The first-order valence-corrected chi connectivity index (χ1v) is 7.46. The third-order valence-electron chi connectivity index (χ3n) is 3.08. The zero-order valence-corrected chi connectivity index (χ0v) is 14.2. The molecule has 1 amide bonds. The maximum Gasteiger partial charge on any atom is 0.251 e. The number of benzene rings is 1. The van der Waals surface area contributed by atoms with Crippen molar-refractivity contribution in [1.82, 2.24) is 10.3 Å². The van der Waals surface area contributed by atoms with Gasteiger partial charge in [-0.15, -0.1) is 0 Å². The second-order valence-electron chi connectivity index (χ2n) is 4.65. The Hall–Kier alpha value is -2.08. The molecule has 6 heteroatoms. The lowest BCUT2D eigenvalue weighted by molar-refractivity contribution is 0.0949. The fourth-order valence-electron chi connectivity index (χ4n) is 1.97. The van der Waals surface area contributed by atoms with Gasteiger partial charge in [-0.2, -0.15) is 0 Å². The number of carbonyl (C=O) groups excluding carboxylic acids is 1. The zero-order valence-electron chi connectivity index (χ0n) is 12.6. The summed E-state index contributed by atoms with van der Waals surface area (Å²) in [6.45, 7) is 2.27. The Bertz CT molecular complexity index is 664. The molecule has 5 nitrogen and oxygen atoms in total. The van der Waals surface area contributed by atoms with Crippen LogP contribution in [0.2, 0.25) is 0 Å². The van der Waals surface area contributed by atoms with E-state index in [4.69, 9.17) is 9.47 Å². The summed E-state index contributed by atoms with van der Waals surface area (Å²) in [7, 11) is 3.08. The van der Waals surface area contributed by atoms with Crippen molar-refractivity contribution in [3.05, 3.63) is 51.8 Å². The number of pyridine rings is 1. The molecule has 1 heterocycles. The van der Waals surface area contributed by atoms with E-state index in [1.165, 1.54) is 14.2 Å². The predicted molar refractivity (Wildman–Crippen MR) is 87.4 cm³/mol. The number of aryl methyl sites for hydroxylation is 1. The molecule has 0 fully saturated rings. The van der Waals surface area contributed by atoms with Crippen molar-refractivity contribution in [2.24, 2.45) is 0 Å². The van der Waals surface area contributed by atoms with Gasteiger partial charge < -0.3 is 14.8 Å². The smallest absolute Gasteiger partial charge is 0.251 e. The number of carbonyl (C=O) groups is 1. The highest BCUT2D eigenvalue weighted by Gasteiger charge is 2.14. The number of halogens is 1. The van der Waals surface area contributed by atoms with Gasteiger partial charge in [0.05, 0.1) is 26.5 Å². The minimum absolute atomic E-state index is 0.215. The monoisotopic (exact) mass is 364 g/mol. The van der Waals surface area contributed by atoms with Crippen LogP contribution in [0.4, 0.5) is 0 Å². The summed E-state index contributed by atoms with van der Waals surface area (Å²) in [5.74, 6) is 0.865. The Morgan fingerprint density at radius 3 is 2.41 bits per heavy atom. The Balaban J connectivity index is 2.15. The molecule has 1 aromatic heterocycles. The average molecular weight is 365 g/mol. The van der Waals surface area contributed by atoms with Gasteiger partial charge in [0.25, 0.3) is 5.91 Å². The maximum absolute atomic E-state index is 12.3. The molecule has 2 aromatic rings. The SMILES string of the molecule is COc1cc(C(=O)NCc2cccc(C)n2)cc(OC)c1Br. The number of methoxy groups -OCH3 is 2. The fraction of sp³-hybridized carbons (Fsp3) is 0.250. The lowest BCUT2D eigenvalue weighted by atomic mass is 10.2. The number of aromatic nitrogens is 1. The van der Waals surface area contributed by atoms with Crippen LogP contribution in [0.15, 0.2) is 34.8 Å². The Morgan fingerprint density at radius 1 is 1.23 bits per heavy atom. The highest BCUT2D eigenvalue weighted by atomic mass is 79.9. The standard InChI is InChI=1S/C16H17BrN2O3/c1-10-5-4-6-12(19-10)9-18-16(20)11-7-13(21-2)15(17)14(8-11)22-3/h4-8H,9H2,1-3H3,(H,18,20). The summed E-state index contributed by atoms with van der Waals surface area (Å²) in [6.07, 6.45) is 0. The molecule has 2 rings (SSSR count). The first-order valence-electron chi connectivity index (χ1n) is 6.67. The van der Waals surface area contributed by atoms with E-state index in [1.54, 1.807) is 12.1 Å². The summed E-state index contributed by atoms with van der Waals surface area (Å²) in [6, 6.07) is 9.01. The predicted octanol–water partition coefficient (Wildman–Crippen LogP) is 3.10. The quantitative estimate of drug-likeness (QED) is 0.885. The van der Waals surface area contributed by atoms with E-state index >= 15 is 0 Å². The molecule has 1 aromatic carbocycles. The van der Waals surface area contributed by atoms with Crippen molar-refractivity contribution < 1.29 is 14.3 Å². The lowest BCUT2D eigenvalue weighted by Crippen LogP contribution is -2.23. The van der Waals surface area contributed by atoms with Crippen molar-refractivity contribution in [2.45, 2.75) is 13.5 Å². The molecule has 1 N–H and O–H groups in total. The highest BCUT2D eigenvalue weighted by molar-refractivity contribution is 9.10.